The maximum Gasteiger partial charge on any atom is 0.111 e. The third kappa shape index (κ3) is 5.48. The fourth-order valence-corrected chi connectivity index (χ4v) is 3.59. The van der Waals surface area contributed by atoms with E-state index in [4.69, 9.17) is 19.7 Å². The van der Waals surface area contributed by atoms with Gasteiger partial charge in [-0.2, -0.15) is 0 Å². The predicted octanol–water partition coefficient (Wildman–Crippen LogP) is -3.21. The first-order valence-electron chi connectivity index (χ1n) is 9.57. The molecule has 2 saturated heterocycles. The van der Waals surface area contributed by atoms with E-state index in [-0.39, 0.29) is 0 Å². The molecule has 2 rings (SSSR count). The van der Waals surface area contributed by atoms with Gasteiger partial charge in [-0.3, -0.25) is 0 Å². The average Bonchev–Trinajstić information content (AvgIpc) is 2.70. The van der Waals surface area contributed by atoms with Crippen molar-refractivity contribution in [3.63, 3.8) is 0 Å². The monoisotopic (exact) mass is 408 g/mol. The van der Waals surface area contributed by atoms with Gasteiger partial charge in [-0.15, -0.1) is 0 Å². The van der Waals surface area contributed by atoms with Crippen LogP contribution in [0.2, 0.25) is 0 Å². The number of ether oxygens (including phenoxy) is 2. The van der Waals surface area contributed by atoms with E-state index in [0.29, 0.717) is 25.7 Å². The number of hydrogen-bond acceptors (Lipinski definition) is 10. The van der Waals surface area contributed by atoms with Crippen LogP contribution in [0.1, 0.15) is 25.7 Å². The van der Waals surface area contributed by atoms with Crippen LogP contribution in [-0.2, 0) is 9.47 Å². The van der Waals surface area contributed by atoms with Crippen molar-refractivity contribution in [3.05, 3.63) is 12.2 Å². The van der Waals surface area contributed by atoms with E-state index in [2.05, 4.69) is 0 Å². The van der Waals surface area contributed by atoms with Gasteiger partial charge >= 0.3 is 0 Å². The quantitative estimate of drug-likeness (QED) is 0.190. The molecule has 10 heteroatoms. The Bertz CT molecular complexity index is 443. The topological polar surface area (TPSA) is 180 Å². The van der Waals surface area contributed by atoms with Gasteiger partial charge in [-0.25, -0.2) is 0 Å². The van der Waals surface area contributed by atoms with E-state index < -0.39 is 74.3 Å². The molecule has 164 valence electrons. The maximum atomic E-state index is 9.97. The standard InChI is InChI=1S/C18H32O10/c19-7-11-15(23)17(25)13(21)9(27-11)5-3-1-2-4-6-10-14(22)18(26)16(24)12(8-20)28-10/h1-2,9-26H,3-8H2/b2-1+/t9-,10-,11-,12-,13+,14+,15-,16-,17-,18-/m1/s1. The molecule has 0 aromatic rings. The maximum absolute atomic E-state index is 9.97. The van der Waals surface area contributed by atoms with Crippen molar-refractivity contribution < 1.29 is 50.3 Å². The zero-order valence-electron chi connectivity index (χ0n) is 15.6. The fourth-order valence-electron chi connectivity index (χ4n) is 3.59. The molecule has 0 unspecified atom stereocenters. The van der Waals surface area contributed by atoms with Crippen molar-refractivity contribution >= 4 is 0 Å². The number of aliphatic hydroxyl groups is 8. The second kappa shape index (κ2) is 10.9. The fraction of sp³-hybridized carbons (Fsp3) is 0.889. The normalized spacial score (nSPS) is 44.9. The van der Waals surface area contributed by atoms with Crippen molar-refractivity contribution in [2.24, 2.45) is 0 Å². The van der Waals surface area contributed by atoms with Crippen molar-refractivity contribution in [1.29, 1.82) is 0 Å². The molecule has 0 aliphatic carbocycles. The van der Waals surface area contributed by atoms with E-state index >= 15 is 0 Å². The molecular formula is C18H32O10. The van der Waals surface area contributed by atoms with Crippen LogP contribution in [0.4, 0.5) is 0 Å². The first kappa shape index (κ1) is 23.6. The van der Waals surface area contributed by atoms with Crippen molar-refractivity contribution in [3.8, 4) is 0 Å². The summed E-state index contributed by atoms with van der Waals surface area (Å²) in [5.41, 5.74) is 0. The summed E-state index contributed by atoms with van der Waals surface area (Å²) in [6.45, 7) is -0.924. The summed E-state index contributed by atoms with van der Waals surface area (Å²) >= 11 is 0. The minimum Gasteiger partial charge on any atom is -0.394 e. The molecule has 2 fully saturated rings. The van der Waals surface area contributed by atoms with Gasteiger partial charge < -0.3 is 50.3 Å². The molecule has 0 spiro atoms. The van der Waals surface area contributed by atoms with E-state index in [1.165, 1.54) is 0 Å². The highest BCUT2D eigenvalue weighted by Crippen LogP contribution is 2.25. The highest BCUT2D eigenvalue weighted by molar-refractivity contribution is 4.95. The van der Waals surface area contributed by atoms with E-state index in [9.17, 15) is 30.6 Å². The van der Waals surface area contributed by atoms with Gasteiger partial charge in [0.1, 0.15) is 48.8 Å². The van der Waals surface area contributed by atoms with Crippen LogP contribution in [-0.4, -0.2) is 115 Å². The van der Waals surface area contributed by atoms with Gasteiger partial charge in [-0.05, 0) is 25.7 Å². The van der Waals surface area contributed by atoms with Gasteiger partial charge in [0.05, 0.1) is 25.4 Å². The smallest absolute Gasteiger partial charge is 0.111 e. The Labute approximate surface area is 163 Å². The molecular weight excluding hydrogens is 376 g/mol. The second-order valence-electron chi connectivity index (χ2n) is 7.36. The Balaban J connectivity index is 1.74. The molecule has 28 heavy (non-hydrogen) atoms. The lowest BCUT2D eigenvalue weighted by atomic mass is 9.92. The molecule has 8 N–H and O–H groups in total. The van der Waals surface area contributed by atoms with Crippen LogP contribution in [0.3, 0.4) is 0 Å². The van der Waals surface area contributed by atoms with Crippen LogP contribution in [0.5, 0.6) is 0 Å². The average molecular weight is 408 g/mol. The van der Waals surface area contributed by atoms with Crippen LogP contribution in [0.25, 0.3) is 0 Å². The van der Waals surface area contributed by atoms with Gasteiger partial charge in [-0.1, -0.05) is 12.2 Å². The third-order valence-electron chi connectivity index (χ3n) is 5.38. The Morgan fingerprint density at radius 2 is 0.821 bits per heavy atom. The van der Waals surface area contributed by atoms with Gasteiger partial charge in [0.25, 0.3) is 0 Å². The largest absolute Gasteiger partial charge is 0.394 e. The summed E-state index contributed by atoms with van der Waals surface area (Å²) in [5, 5.41) is 77.3. The summed E-state index contributed by atoms with van der Waals surface area (Å²) in [5.74, 6) is 0. The molecule has 0 aromatic heterocycles. The minimum absolute atomic E-state index is 0.373. The molecule has 0 bridgehead atoms. The number of aliphatic hydroxyl groups excluding tert-OH is 8. The molecule has 0 amide bonds. The highest BCUT2D eigenvalue weighted by atomic mass is 16.5. The lowest BCUT2D eigenvalue weighted by Gasteiger charge is -2.40. The Morgan fingerprint density at radius 3 is 1.14 bits per heavy atom. The first-order valence-corrected chi connectivity index (χ1v) is 9.57. The Hall–Kier alpha value is -0.660. The van der Waals surface area contributed by atoms with Gasteiger partial charge in [0, 0.05) is 0 Å². The van der Waals surface area contributed by atoms with E-state index in [1.54, 1.807) is 0 Å². The number of hydrogen-bond donors (Lipinski definition) is 8. The molecule has 10 nitrogen and oxygen atoms in total. The number of rotatable bonds is 8. The molecule has 2 aliphatic rings. The summed E-state index contributed by atoms with van der Waals surface area (Å²) in [6.07, 6.45) is -5.86. The van der Waals surface area contributed by atoms with E-state index in [1.807, 2.05) is 12.2 Å². The second-order valence-corrected chi connectivity index (χ2v) is 7.36. The van der Waals surface area contributed by atoms with Crippen LogP contribution >= 0.6 is 0 Å². The van der Waals surface area contributed by atoms with Crippen molar-refractivity contribution in [2.75, 3.05) is 13.2 Å². The lowest BCUT2D eigenvalue weighted by Crippen LogP contribution is -2.58. The molecule has 2 aliphatic heterocycles. The summed E-state index contributed by atoms with van der Waals surface area (Å²) in [7, 11) is 0. The highest BCUT2D eigenvalue weighted by Gasteiger charge is 2.43. The Morgan fingerprint density at radius 1 is 0.500 bits per heavy atom. The molecule has 0 radical (unpaired) electrons. The zero-order valence-corrected chi connectivity index (χ0v) is 15.6. The third-order valence-corrected chi connectivity index (χ3v) is 5.38. The minimum atomic E-state index is -1.38. The summed E-state index contributed by atoms with van der Waals surface area (Å²) in [4.78, 5) is 0. The van der Waals surface area contributed by atoms with Crippen LogP contribution < -0.4 is 0 Å². The van der Waals surface area contributed by atoms with Crippen molar-refractivity contribution in [2.45, 2.75) is 86.7 Å². The van der Waals surface area contributed by atoms with Gasteiger partial charge in [0.15, 0.2) is 0 Å². The first-order chi connectivity index (χ1) is 13.3. The lowest BCUT2D eigenvalue weighted by molar-refractivity contribution is -0.230. The Kier molecular flexibility index (Phi) is 9.22. The van der Waals surface area contributed by atoms with E-state index in [0.717, 1.165) is 0 Å². The van der Waals surface area contributed by atoms with Crippen molar-refractivity contribution in [1.82, 2.24) is 0 Å². The molecule has 0 aromatic carbocycles. The van der Waals surface area contributed by atoms with Crippen LogP contribution in [0, 0.1) is 0 Å². The number of allylic oxidation sites excluding steroid dienone is 2. The molecule has 10 atom stereocenters. The van der Waals surface area contributed by atoms with Gasteiger partial charge in [0.2, 0.25) is 0 Å². The zero-order chi connectivity index (χ0) is 20.8. The summed E-state index contributed by atoms with van der Waals surface area (Å²) < 4.78 is 10.8. The van der Waals surface area contributed by atoms with Crippen LogP contribution in [0.15, 0.2) is 12.2 Å². The predicted molar refractivity (Wildman–Crippen MR) is 95.1 cm³/mol. The SMILES string of the molecule is OC[C@H]1O[C@H](CC/C=C/CC[C@H]2O[C@H](CO)[C@@H](O)[C@H](O)[C@H]2O)[C@H](O)[C@@H](O)[C@@H]1O. The molecule has 0 saturated carbocycles. The molecule has 2 heterocycles. The summed E-state index contributed by atoms with van der Waals surface area (Å²) in [6, 6.07) is 0.